The van der Waals surface area contributed by atoms with Gasteiger partial charge in [-0.25, -0.2) is 0 Å². The number of rotatable bonds is 4. The van der Waals surface area contributed by atoms with Gasteiger partial charge in [0.15, 0.2) is 11.5 Å². The third-order valence-electron chi connectivity index (χ3n) is 5.32. The molecule has 1 amide bonds. The Balaban J connectivity index is 1.67. The van der Waals surface area contributed by atoms with Crippen molar-refractivity contribution in [1.29, 1.82) is 0 Å². The Labute approximate surface area is 195 Å². The van der Waals surface area contributed by atoms with Gasteiger partial charge in [0.05, 0.1) is 17.2 Å². The van der Waals surface area contributed by atoms with Crippen LogP contribution in [0.2, 0.25) is 0 Å². The summed E-state index contributed by atoms with van der Waals surface area (Å²) >= 11 is 4.79. The second-order valence-electron chi connectivity index (χ2n) is 7.07. The van der Waals surface area contributed by atoms with Crippen molar-refractivity contribution in [2.75, 3.05) is 18.8 Å². The lowest BCUT2D eigenvalue weighted by atomic mass is 9.99. The first kappa shape index (κ1) is 20.6. The SMILES string of the molecule is COc1ccc(/C(O)=C2/C(=O)C(=O)N(c3ccc4c(c3)OCO4)C2c2cccs2)cc1Br. The van der Waals surface area contributed by atoms with Gasteiger partial charge in [-0.2, -0.15) is 0 Å². The summed E-state index contributed by atoms with van der Waals surface area (Å²) in [6.07, 6.45) is 0. The van der Waals surface area contributed by atoms with E-state index in [0.29, 0.717) is 33.0 Å². The zero-order valence-electron chi connectivity index (χ0n) is 16.7. The van der Waals surface area contributed by atoms with Gasteiger partial charge in [0.25, 0.3) is 11.7 Å². The maximum atomic E-state index is 13.2. The molecule has 0 spiro atoms. The van der Waals surface area contributed by atoms with Crippen LogP contribution in [0.1, 0.15) is 16.5 Å². The first-order chi connectivity index (χ1) is 15.5. The van der Waals surface area contributed by atoms with Crippen molar-refractivity contribution < 1.29 is 28.9 Å². The van der Waals surface area contributed by atoms with E-state index in [1.54, 1.807) is 36.4 Å². The average molecular weight is 514 g/mol. The maximum Gasteiger partial charge on any atom is 0.300 e. The van der Waals surface area contributed by atoms with Gasteiger partial charge >= 0.3 is 0 Å². The highest BCUT2D eigenvalue weighted by Crippen LogP contribution is 2.46. The molecule has 7 nitrogen and oxygen atoms in total. The Hall–Kier alpha value is -3.30. The van der Waals surface area contributed by atoms with E-state index < -0.39 is 17.7 Å². The Morgan fingerprint density at radius 3 is 2.69 bits per heavy atom. The van der Waals surface area contributed by atoms with Crippen LogP contribution >= 0.6 is 27.3 Å². The monoisotopic (exact) mass is 513 g/mol. The van der Waals surface area contributed by atoms with E-state index in [2.05, 4.69) is 15.9 Å². The van der Waals surface area contributed by atoms with Gasteiger partial charge in [-0.15, -0.1) is 11.3 Å². The van der Waals surface area contributed by atoms with Crippen LogP contribution in [0.5, 0.6) is 17.2 Å². The third kappa shape index (κ3) is 3.25. The minimum Gasteiger partial charge on any atom is -0.507 e. The standard InChI is InChI=1S/C23H16BrNO6S/c1-29-15-6-4-12(9-14(15)24)21(26)19-20(18-3-2-8-32-18)25(23(28)22(19)27)13-5-7-16-17(10-13)31-11-30-16/h2-10,20,26H,11H2,1H3/b21-19-. The van der Waals surface area contributed by atoms with E-state index >= 15 is 0 Å². The summed E-state index contributed by atoms with van der Waals surface area (Å²) in [7, 11) is 1.54. The van der Waals surface area contributed by atoms with Crippen molar-refractivity contribution in [2.24, 2.45) is 0 Å². The van der Waals surface area contributed by atoms with E-state index in [0.717, 1.165) is 4.88 Å². The molecule has 1 N–H and O–H groups in total. The van der Waals surface area contributed by atoms with Crippen LogP contribution < -0.4 is 19.1 Å². The number of hydrogen-bond acceptors (Lipinski definition) is 7. The van der Waals surface area contributed by atoms with Gasteiger partial charge in [-0.05, 0) is 57.7 Å². The molecule has 32 heavy (non-hydrogen) atoms. The normalized spacial score (nSPS) is 18.9. The number of nitrogens with zero attached hydrogens (tertiary/aromatic N) is 1. The number of hydrogen-bond donors (Lipinski definition) is 1. The molecule has 0 bridgehead atoms. The fourth-order valence-electron chi connectivity index (χ4n) is 3.82. The van der Waals surface area contributed by atoms with Gasteiger partial charge in [0.1, 0.15) is 17.6 Å². The van der Waals surface area contributed by atoms with Crippen LogP contribution in [0, 0.1) is 0 Å². The largest absolute Gasteiger partial charge is 0.507 e. The number of carbonyl (C=O) groups is 2. The van der Waals surface area contributed by atoms with Crippen LogP contribution in [-0.4, -0.2) is 30.7 Å². The highest BCUT2D eigenvalue weighted by atomic mass is 79.9. The maximum absolute atomic E-state index is 13.2. The number of amides is 1. The molecule has 1 fully saturated rings. The Morgan fingerprint density at radius 2 is 1.97 bits per heavy atom. The number of thiophene rings is 1. The topological polar surface area (TPSA) is 85.3 Å². The van der Waals surface area contributed by atoms with Crippen LogP contribution in [0.3, 0.4) is 0 Å². The van der Waals surface area contributed by atoms with Crippen LogP contribution in [0.15, 0.2) is 64.0 Å². The fourth-order valence-corrected chi connectivity index (χ4v) is 5.18. The lowest BCUT2D eigenvalue weighted by molar-refractivity contribution is -0.132. The Kier molecular flexibility index (Phi) is 5.15. The summed E-state index contributed by atoms with van der Waals surface area (Å²) < 4.78 is 16.7. The number of fused-ring (bicyclic) bond motifs is 1. The molecule has 1 saturated heterocycles. The van der Waals surface area contributed by atoms with E-state index in [9.17, 15) is 14.7 Å². The van der Waals surface area contributed by atoms with Gasteiger partial charge in [-0.1, -0.05) is 6.07 Å². The number of aliphatic hydroxyl groups excluding tert-OH is 1. The number of carbonyl (C=O) groups excluding carboxylic acids is 2. The average Bonchev–Trinajstić information content (AvgIpc) is 3.53. The number of halogens is 1. The number of anilines is 1. The lowest BCUT2D eigenvalue weighted by Gasteiger charge is -2.24. The van der Waals surface area contributed by atoms with Crippen molar-refractivity contribution in [3.05, 3.63) is 74.4 Å². The zero-order chi connectivity index (χ0) is 22.4. The van der Waals surface area contributed by atoms with Gasteiger partial charge in [0.2, 0.25) is 6.79 Å². The molecular weight excluding hydrogens is 498 g/mol. The molecule has 162 valence electrons. The zero-order valence-corrected chi connectivity index (χ0v) is 19.1. The van der Waals surface area contributed by atoms with Crippen LogP contribution in [0.25, 0.3) is 5.76 Å². The summed E-state index contributed by atoms with van der Waals surface area (Å²) in [5.74, 6) is -0.0954. The quantitative estimate of drug-likeness (QED) is 0.304. The molecule has 1 aromatic heterocycles. The predicted octanol–water partition coefficient (Wildman–Crippen LogP) is 4.87. The summed E-state index contributed by atoms with van der Waals surface area (Å²) in [4.78, 5) is 28.4. The number of ketones is 1. The number of benzene rings is 2. The third-order valence-corrected chi connectivity index (χ3v) is 6.86. The molecule has 2 aliphatic rings. The van der Waals surface area contributed by atoms with E-state index in [1.165, 1.54) is 23.3 Å². The molecule has 2 aliphatic heterocycles. The summed E-state index contributed by atoms with van der Waals surface area (Å²) in [6, 6.07) is 12.9. The summed E-state index contributed by atoms with van der Waals surface area (Å²) in [5.41, 5.74) is 0.889. The molecule has 2 aromatic carbocycles. The molecule has 9 heteroatoms. The minimum absolute atomic E-state index is 0.0205. The van der Waals surface area contributed by atoms with Gasteiger partial charge in [0, 0.05) is 22.2 Å². The molecule has 0 saturated carbocycles. The molecule has 0 radical (unpaired) electrons. The molecular formula is C23H16BrNO6S. The summed E-state index contributed by atoms with van der Waals surface area (Å²) in [6.45, 7) is 0.0955. The number of Topliss-reactive ketones (excluding diaryl/α,β-unsaturated/α-hetero) is 1. The van der Waals surface area contributed by atoms with Crippen molar-refractivity contribution in [1.82, 2.24) is 0 Å². The van der Waals surface area contributed by atoms with Crippen molar-refractivity contribution in [3.8, 4) is 17.2 Å². The number of ether oxygens (including phenoxy) is 3. The predicted molar refractivity (Wildman–Crippen MR) is 122 cm³/mol. The van der Waals surface area contributed by atoms with Gasteiger partial charge < -0.3 is 19.3 Å². The van der Waals surface area contributed by atoms with Crippen molar-refractivity contribution in [2.45, 2.75) is 6.04 Å². The van der Waals surface area contributed by atoms with Crippen LogP contribution in [0.4, 0.5) is 5.69 Å². The highest BCUT2D eigenvalue weighted by Gasteiger charge is 2.47. The Morgan fingerprint density at radius 1 is 1.16 bits per heavy atom. The first-order valence-corrected chi connectivity index (χ1v) is 11.2. The summed E-state index contributed by atoms with van der Waals surface area (Å²) in [5, 5.41) is 13.0. The highest BCUT2D eigenvalue weighted by molar-refractivity contribution is 9.10. The molecule has 0 aliphatic carbocycles. The number of methoxy groups -OCH3 is 1. The molecule has 1 unspecified atom stereocenters. The fraction of sp³-hybridized carbons (Fsp3) is 0.130. The smallest absolute Gasteiger partial charge is 0.300 e. The first-order valence-electron chi connectivity index (χ1n) is 9.57. The Bertz CT molecular complexity index is 1270. The number of aliphatic hydroxyl groups is 1. The van der Waals surface area contributed by atoms with Crippen molar-refractivity contribution >= 4 is 50.4 Å². The molecule has 3 aromatic rings. The lowest BCUT2D eigenvalue weighted by Crippen LogP contribution is -2.29. The molecule has 5 rings (SSSR count). The van der Waals surface area contributed by atoms with Crippen LogP contribution in [-0.2, 0) is 9.59 Å². The van der Waals surface area contributed by atoms with E-state index in [4.69, 9.17) is 14.2 Å². The molecule has 3 heterocycles. The van der Waals surface area contributed by atoms with E-state index in [1.807, 2.05) is 17.5 Å². The van der Waals surface area contributed by atoms with E-state index in [-0.39, 0.29) is 18.1 Å². The minimum atomic E-state index is -0.781. The second-order valence-corrected chi connectivity index (χ2v) is 8.91. The van der Waals surface area contributed by atoms with Crippen molar-refractivity contribution in [3.63, 3.8) is 0 Å². The van der Waals surface area contributed by atoms with Gasteiger partial charge in [-0.3, -0.25) is 14.5 Å². The second kappa shape index (κ2) is 7.99. The molecule has 1 atom stereocenters.